The Labute approximate surface area is 108 Å². The van der Waals surface area contributed by atoms with Gasteiger partial charge in [0.2, 0.25) is 0 Å². The first-order valence-corrected chi connectivity index (χ1v) is 6.37. The Bertz CT molecular complexity index is 596. The average Bonchev–Trinajstić information content (AvgIpc) is 2.37. The summed E-state index contributed by atoms with van der Waals surface area (Å²) < 4.78 is 1.90. The highest BCUT2D eigenvalue weighted by atomic mass is 16.1. The van der Waals surface area contributed by atoms with Crippen LogP contribution in [0.4, 0.5) is 0 Å². The van der Waals surface area contributed by atoms with Crippen molar-refractivity contribution in [3.63, 3.8) is 0 Å². The number of pyridine rings is 1. The predicted octanol–water partition coefficient (Wildman–Crippen LogP) is 3.08. The van der Waals surface area contributed by atoms with E-state index in [9.17, 15) is 4.79 Å². The molecule has 2 heteroatoms. The quantitative estimate of drug-likeness (QED) is 0.809. The maximum Gasteiger partial charge on any atom is 0.253 e. The first-order chi connectivity index (χ1) is 8.63. The molecule has 18 heavy (non-hydrogen) atoms. The second-order valence-corrected chi connectivity index (χ2v) is 4.69. The van der Waals surface area contributed by atoms with Gasteiger partial charge in [0.1, 0.15) is 0 Å². The molecule has 0 amide bonds. The van der Waals surface area contributed by atoms with Crippen LogP contribution in [0.2, 0.25) is 0 Å². The molecule has 0 atom stereocenters. The van der Waals surface area contributed by atoms with Gasteiger partial charge < -0.3 is 4.57 Å². The molecule has 0 unspecified atom stereocenters. The molecule has 0 aliphatic heterocycles. The van der Waals surface area contributed by atoms with Crippen LogP contribution >= 0.6 is 0 Å². The van der Waals surface area contributed by atoms with E-state index in [1.54, 1.807) is 0 Å². The highest BCUT2D eigenvalue weighted by Gasteiger charge is 2.09. The zero-order valence-corrected chi connectivity index (χ0v) is 11.2. The summed E-state index contributed by atoms with van der Waals surface area (Å²) in [5, 5.41) is 0. The van der Waals surface area contributed by atoms with Crippen LogP contribution in [0.3, 0.4) is 0 Å². The Morgan fingerprint density at radius 2 is 1.72 bits per heavy atom. The topological polar surface area (TPSA) is 22.0 Å². The van der Waals surface area contributed by atoms with Gasteiger partial charge >= 0.3 is 0 Å². The van der Waals surface area contributed by atoms with E-state index >= 15 is 0 Å². The van der Waals surface area contributed by atoms with E-state index in [0.29, 0.717) is 6.54 Å². The first-order valence-electron chi connectivity index (χ1n) is 6.37. The van der Waals surface area contributed by atoms with Crippen molar-refractivity contribution in [3.05, 3.63) is 69.1 Å². The van der Waals surface area contributed by atoms with Crippen molar-refractivity contribution in [3.8, 4) is 0 Å². The smallest absolute Gasteiger partial charge is 0.253 e. The molecule has 0 aliphatic rings. The van der Waals surface area contributed by atoms with Crippen molar-refractivity contribution in [2.45, 2.75) is 33.7 Å². The van der Waals surface area contributed by atoms with Gasteiger partial charge in [-0.15, -0.1) is 0 Å². The van der Waals surface area contributed by atoms with Crippen LogP contribution in [0.1, 0.15) is 29.3 Å². The minimum atomic E-state index is 0.126. The van der Waals surface area contributed by atoms with E-state index in [1.165, 1.54) is 11.1 Å². The molecule has 0 saturated carbocycles. The molecule has 0 radical (unpaired) electrons. The van der Waals surface area contributed by atoms with Gasteiger partial charge in [0, 0.05) is 11.3 Å². The molecule has 0 bridgehead atoms. The summed E-state index contributed by atoms with van der Waals surface area (Å²) in [7, 11) is 0. The standard InChI is InChI=1S/C16H19NO/c1-4-15-12(2)10-13(3)16(18)17(15)11-14-8-6-5-7-9-14/h5-10H,4,11H2,1-3H3. The summed E-state index contributed by atoms with van der Waals surface area (Å²) in [5.74, 6) is 0. The minimum absolute atomic E-state index is 0.126. The molecule has 2 nitrogen and oxygen atoms in total. The third-order valence-corrected chi connectivity index (χ3v) is 3.31. The molecule has 1 aromatic heterocycles. The van der Waals surface area contributed by atoms with Crippen molar-refractivity contribution in [1.29, 1.82) is 0 Å². The van der Waals surface area contributed by atoms with Gasteiger partial charge in [-0.05, 0) is 37.5 Å². The Hall–Kier alpha value is -1.83. The van der Waals surface area contributed by atoms with Crippen LogP contribution in [0, 0.1) is 13.8 Å². The number of rotatable bonds is 3. The number of aryl methyl sites for hydroxylation is 2. The molecule has 0 spiro atoms. The van der Waals surface area contributed by atoms with Crippen molar-refractivity contribution in [2.75, 3.05) is 0 Å². The summed E-state index contributed by atoms with van der Waals surface area (Å²) in [6.45, 7) is 6.72. The Morgan fingerprint density at radius 3 is 2.33 bits per heavy atom. The predicted molar refractivity (Wildman–Crippen MR) is 75.1 cm³/mol. The third-order valence-electron chi connectivity index (χ3n) is 3.31. The molecule has 0 fully saturated rings. The third kappa shape index (κ3) is 2.37. The van der Waals surface area contributed by atoms with Crippen molar-refractivity contribution in [2.24, 2.45) is 0 Å². The summed E-state index contributed by atoms with van der Waals surface area (Å²) in [4.78, 5) is 12.3. The van der Waals surface area contributed by atoms with Crippen LogP contribution in [0.15, 0.2) is 41.2 Å². The van der Waals surface area contributed by atoms with Crippen LogP contribution in [0.25, 0.3) is 0 Å². The highest BCUT2D eigenvalue weighted by molar-refractivity contribution is 5.26. The lowest BCUT2D eigenvalue weighted by Gasteiger charge is -2.15. The zero-order valence-electron chi connectivity index (χ0n) is 11.2. The Morgan fingerprint density at radius 1 is 1.06 bits per heavy atom. The lowest BCUT2D eigenvalue weighted by atomic mass is 10.1. The van der Waals surface area contributed by atoms with Crippen LogP contribution < -0.4 is 5.56 Å². The monoisotopic (exact) mass is 241 g/mol. The maximum absolute atomic E-state index is 12.3. The van der Waals surface area contributed by atoms with Gasteiger partial charge in [-0.1, -0.05) is 37.3 Å². The number of hydrogen-bond acceptors (Lipinski definition) is 1. The lowest BCUT2D eigenvalue weighted by molar-refractivity contribution is 0.694. The fraction of sp³-hybridized carbons (Fsp3) is 0.312. The van der Waals surface area contributed by atoms with Gasteiger partial charge in [0.15, 0.2) is 0 Å². The van der Waals surface area contributed by atoms with Crippen molar-refractivity contribution < 1.29 is 0 Å². The maximum atomic E-state index is 12.3. The Kier molecular flexibility index (Phi) is 3.66. The van der Waals surface area contributed by atoms with Crippen LogP contribution in [-0.2, 0) is 13.0 Å². The SMILES string of the molecule is CCc1c(C)cc(C)c(=O)n1Cc1ccccc1. The van der Waals surface area contributed by atoms with Crippen LogP contribution in [-0.4, -0.2) is 4.57 Å². The normalized spacial score (nSPS) is 10.6. The second kappa shape index (κ2) is 5.21. The van der Waals surface area contributed by atoms with Crippen molar-refractivity contribution >= 4 is 0 Å². The minimum Gasteiger partial charge on any atom is -0.308 e. The van der Waals surface area contributed by atoms with E-state index in [0.717, 1.165) is 17.7 Å². The van der Waals surface area contributed by atoms with E-state index in [1.807, 2.05) is 35.8 Å². The number of nitrogens with zero attached hydrogens (tertiary/aromatic N) is 1. The summed E-state index contributed by atoms with van der Waals surface area (Å²) in [6, 6.07) is 12.1. The van der Waals surface area contributed by atoms with E-state index in [-0.39, 0.29) is 5.56 Å². The fourth-order valence-electron chi connectivity index (χ4n) is 2.42. The molecular weight excluding hydrogens is 222 g/mol. The number of benzene rings is 1. The molecule has 94 valence electrons. The molecule has 1 heterocycles. The molecular formula is C16H19NO. The summed E-state index contributed by atoms with van der Waals surface area (Å²) in [5.41, 5.74) is 4.45. The molecule has 2 rings (SSSR count). The zero-order chi connectivity index (χ0) is 13.1. The first kappa shape index (κ1) is 12.6. The van der Waals surface area contributed by atoms with Gasteiger partial charge in [-0.25, -0.2) is 0 Å². The van der Waals surface area contributed by atoms with Gasteiger partial charge in [-0.2, -0.15) is 0 Å². The average molecular weight is 241 g/mol. The lowest BCUT2D eigenvalue weighted by Crippen LogP contribution is -2.26. The molecule has 0 saturated heterocycles. The Balaban J connectivity index is 2.53. The fourth-order valence-corrected chi connectivity index (χ4v) is 2.42. The molecule has 0 N–H and O–H groups in total. The largest absolute Gasteiger partial charge is 0.308 e. The molecule has 1 aromatic carbocycles. The van der Waals surface area contributed by atoms with E-state index < -0.39 is 0 Å². The molecule has 0 aliphatic carbocycles. The second-order valence-electron chi connectivity index (χ2n) is 4.69. The van der Waals surface area contributed by atoms with Crippen LogP contribution in [0.5, 0.6) is 0 Å². The van der Waals surface area contributed by atoms with E-state index in [4.69, 9.17) is 0 Å². The summed E-state index contributed by atoms with van der Waals surface area (Å²) in [6.07, 6.45) is 0.883. The number of hydrogen-bond donors (Lipinski definition) is 0. The highest BCUT2D eigenvalue weighted by Crippen LogP contribution is 2.11. The van der Waals surface area contributed by atoms with Gasteiger partial charge in [-0.3, -0.25) is 4.79 Å². The van der Waals surface area contributed by atoms with Gasteiger partial charge in [0.05, 0.1) is 6.54 Å². The molecule has 2 aromatic rings. The summed E-state index contributed by atoms with van der Waals surface area (Å²) >= 11 is 0. The van der Waals surface area contributed by atoms with E-state index in [2.05, 4.69) is 26.0 Å². The van der Waals surface area contributed by atoms with Gasteiger partial charge in [0.25, 0.3) is 5.56 Å². The number of aromatic nitrogens is 1. The van der Waals surface area contributed by atoms with Crippen molar-refractivity contribution in [1.82, 2.24) is 4.57 Å².